The van der Waals surface area contributed by atoms with Crippen LogP contribution in [0.2, 0.25) is 0 Å². The van der Waals surface area contributed by atoms with Gasteiger partial charge in [0, 0.05) is 11.8 Å². The predicted octanol–water partition coefficient (Wildman–Crippen LogP) is 6.29. The maximum atomic E-state index is 2.48. The number of allylic oxidation sites excluding steroid dienone is 1. The Morgan fingerprint density at radius 1 is 0.560 bits per heavy atom. The third-order valence-corrected chi connectivity index (χ3v) is 6.10. The molecule has 25 heavy (non-hydrogen) atoms. The Hall–Kier alpha value is -2.60. The molecule has 0 N–H and O–H groups in total. The lowest BCUT2D eigenvalue weighted by atomic mass is 9.86. The Morgan fingerprint density at radius 3 is 2.00 bits per heavy atom. The van der Waals surface area contributed by atoms with Gasteiger partial charge in [-0.25, -0.2) is 0 Å². The zero-order valence-corrected chi connectivity index (χ0v) is 15.0. The summed E-state index contributed by atoms with van der Waals surface area (Å²) < 4.78 is 0. The van der Waals surface area contributed by atoms with Crippen LogP contribution < -0.4 is 0 Å². The highest BCUT2D eigenvalue weighted by atomic mass is 14.4. The summed E-state index contributed by atoms with van der Waals surface area (Å²) in [5.74, 6) is 0.809. The SMILES string of the molecule is Cc1ccccc1C1C2=Cc3c(C)cccc3C2c2c(C)cccc21. The molecule has 0 bridgehead atoms. The largest absolute Gasteiger partial charge is 0.0620 e. The first-order chi connectivity index (χ1) is 12.2. The summed E-state index contributed by atoms with van der Waals surface area (Å²) in [6, 6.07) is 22.5. The van der Waals surface area contributed by atoms with Crippen molar-refractivity contribution in [2.45, 2.75) is 32.6 Å². The first-order valence-corrected chi connectivity index (χ1v) is 9.12. The van der Waals surface area contributed by atoms with E-state index in [2.05, 4.69) is 87.5 Å². The Bertz CT molecular complexity index is 1040. The lowest BCUT2D eigenvalue weighted by molar-refractivity contribution is 0.929. The van der Waals surface area contributed by atoms with E-state index < -0.39 is 0 Å². The van der Waals surface area contributed by atoms with Gasteiger partial charge in [-0.05, 0) is 70.9 Å². The van der Waals surface area contributed by atoms with E-state index in [1.807, 2.05) is 0 Å². The van der Waals surface area contributed by atoms with E-state index >= 15 is 0 Å². The van der Waals surface area contributed by atoms with Gasteiger partial charge in [0.05, 0.1) is 0 Å². The fourth-order valence-electron chi connectivity index (χ4n) is 4.94. The Balaban J connectivity index is 1.83. The number of aryl methyl sites for hydroxylation is 3. The standard InChI is InChI=1S/C25H22/c1-15-8-4-5-11-18(15)24-20-13-7-10-17(3)23(20)25-19-12-6-9-16(2)21(19)14-22(24)25/h4-14,24-25H,1-3H3. The van der Waals surface area contributed by atoms with Crippen LogP contribution in [0.3, 0.4) is 0 Å². The van der Waals surface area contributed by atoms with E-state index in [1.54, 1.807) is 5.57 Å². The van der Waals surface area contributed by atoms with Crippen LogP contribution in [-0.4, -0.2) is 0 Å². The van der Waals surface area contributed by atoms with E-state index in [1.165, 1.54) is 44.5 Å². The first-order valence-electron chi connectivity index (χ1n) is 9.12. The van der Waals surface area contributed by atoms with Gasteiger partial charge in [0.25, 0.3) is 0 Å². The molecule has 3 aromatic carbocycles. The summed E-state index contributed by atoms with van der Waals surface area (Å²) in [5.41, 5.74) is 13.2. The normalized spacial score (nSPS) is 20.0. The number of fused-ring (bicyclic) bond motifs is 5. The van der Waals surface area contributed by atoms with Crippen molar-refractivity contribution in [2.75, 3.05) is 0 Å². The molecule has 0 saturated heterocycles. The van der Waals surface area contributed by atoms with Gasteiger partial charge >= 0.3 is 0 Å². The minimum atomic E-state index is 0.382. The molecular weight excluding hydrogens is 300 g/mol. The average Bonchev–Trinajstić information content (AvgIpc) is 3.12. The molecule has 0 aromatic heterocycles. The van der Waals surface area contributed by atoms with Crippen molar-refractivity contribution < 1.29 is 0 Å². The van der Waals surface area contributed by atoms with Crippen LogP contribution in [0.1, 0.15) is 56.3 Å². The number of hydrogen-bond acceptors (Lipinski definition) is 0. The Kier molecular flexibility index (Phi) is 3.06. The third kappa shape index (κ3) is 1.94. The van der Waals surface area contributed by atoms with E-state index in [0.29, 0.717) is 11.8 Å². The molecule has 2 aliphatic carbocycles. The smallest absolute Gasteiger partial charge is 0.0323 e. The molecule has 0 nitrogen and oxygen atoms in total. The second-order valence-corrected chi connectivity index (χ2v) is 7.52. The lowest BCUT2D eigenvalue weighted by Crippen LogP contribution is -2.01. The third-order valence-electron chi connectivity index (χ3n) is 6.10. The summed E-state index contributed by atoms with van der Waals surface area (Å²) >= 11 is 0. The second-order valence-electron chi connectivity index (χ2n) is 7.52. The van der Waals surface area contributed by atoms with Crippen LogP contribution in [0.15, 0.2) is 66.2 Å². The molecule has 0 amide bonds. The van der Waals surface area contributed by atoms with E-state index in [9.17, 15) is 0 Å². The highest BCUT2D eigenvalue weighted by Gasteiger charge is 2.42. The maximum Gasteiger partial charge on any atom is 0.0323 e. The summed E-state index contributed by atoms with van der Waals surface area (Å²) in [6.07, 6.45) is 2.48. The monoisotopic (exact) mass is 322 g/mol. The molecule has 122 valence electrons. The molecule has 0 saturated carbocycles. The van der Waals surface area contributed by atoms with Crippen molar-refractivity contribution in [3.05, 3.63) is 111 Å². The molecule has 0 heterocycles. The molecule has 0 spiro atoms. The van der Waals surface area contributed by atoms with Gasteiger partial charge in [0.15, 0.2) is 0 Å². The average molecular weight is 322 g/mol. The minimum absolute atomic E-state index is 0.382. The van der Waals surface area contributed by atoms with Crippen LogP contribution >= 0.6 is 0 Å². The molecule has 0 fully saturated rings. The molecular formula is C25H22. The van der Waals surface area contributed by atoms with Crippen molar-refractivity contribution >= 4 is 6.08 Å². The minimum Gasteiger partial charge on any atom is -0.0620 e. The fraction of sp³-hybridized carbons (Fsp3) is 0.200. The van der Waals surface area contributed by atoms with E-state index in [4.69, 9.17) is 0 Å². The summed E-state index contributed by atoms with van der Waals surface area (Å²) in [5, 5.41) is 0. The maximum absolute atomic E-state index is 2.48. The van der Waals surface area contributed by atoms with Crippen molar-refractivity contribution in [1.29, 1.82) is 0 Å². The quantitative estimate of drug-likeness (QED) is 0.494. The van der Waals surface area contributed by atoms with Crippen LogP contribution in [0.5, 0.6) is 0 Å². The van der Waals surface area contributed by atoms with Crippen LogP contribution in [0.4, 0.5) is 0 Å². The van der Waals surface area contributed by atoms with Crippen LogP contribution in [0, 0.1) is 20.8 Å². The van der Waals surface area contributed by atoms with Gasteiger partial charge < -0.3 is 0 Å². The molecule has 3 aromatic rings. The summed E-state index contributed by atoms with van der Waals surface area (Å²) in [6.45, 7) is 6.75. The first kappa shape index (κ1) is 14.7. The summed E-state index contributed by atoms with van der Waals surface area (Å²) in [4.78, 5) is 0. The molecule has 2 atom stereocenters. The summed E-state index contributed by atoms with van der Waals surface area (Å²) in [7, 11) is 0. The zero-order chi connectivity index (χ0) is 17.1. The van der Waals surface area contributed by atoms with Crippen molar-refractivity contribution in [1.82, 2.24) is 0 Å². The number of rotatable bonds is 1. The number of hydrogen-bond donors (Lipinski definition) is 0. The molecule has 5 rings (SSSR count). The zero-order valence-electron chi connectivity index (χ0n) is 15.0. The van der Waals surface area contributed by atoms with Gasteiger partial charge in [-0.1, -0.05) is 66.7 Å². The Morgan fingerprint density at radius 2 is 1.20 bits per heavy atom. The topological polar surface area (TPSA) is 0 Å². The second kappa shape index (κ2) is 5.20. The predicted molar refractivity (Wildman–Crippen MR) is 105 cm³/mol. The van der Waals surface area contributed by atoms with Gasteiger partial charge in [0.1, 0.15) is 0 Å². The highest BCUT2D eigenvalue weighted by Crippen LogP contribution is 2.58. The molecule has 0 heteroatoms. The van der Waals surface area contributed by atoms with Crippen LogP contribution in [-0.2, 0) is 0 Å². The fourth-order valence-corrected chi connectivity index (χ4v) is 4.94. The van der Waals surface area contributed by atoms with Gasteiger partial charge in [-0.2, -0.15) is 0 Å². The van der Waals surface area contributed by atoms with Crippen molar-refractivity contribution in [3.63, 3.8) is 0 Å². The van der Waals surface area contributed by atoms with E-state index in [0.717, 1.165) is 0 Å². The van der Waals surface area contributed by atoms with Gasteiger partial charge in [-0.3, -0.25) is 0 Å². The Labute approximate surface area is 149 Å². The van der Waals surface area contributed by atoms with Crippen molar-refractivity contribution in [3.8, 4) is 0 Å². The van der Waals surface area contributed by atoms with Crippen molar-refractivity contribution in [2.24, 2.45) is 0 Å². The molecule has 2 unspecified atom stereocenters. The number of benzene rings is 3. The van der Waals surface area contributed by atoms with E-state index in [-0.39, 0.29) is 0 Å². The molecule has 0 aliphatic heterocycles. The molecule has 2 aliphatic rings. The van der Waals surface area contributed by atoms with Gasteiger partial charge in [-0.15, -0.1) is 0 Å². The highest BCUT2D eigenvalue weighted by molar-refractivity contribution is 5.79. The van der Waals surface area contributed by atoms with Gasteiger partial charge in [0.2, 0.25) is 0 Å². The van der Waals surface area contributed by atoms with Crippen LogP contribution in [0.25, 0.3) is 6.08 Å². The molecule has 0 radical (unpaired) electrons. The lowest BCUT2D eigenvalue weighted by Gasteiger charge is -2.17.